The molecule has 0 aromatic carbocycles. The van der Waals surface area contributed by atoms with E-state index in [2.05, 4.69) is 53.8 Å². The van der Waals surface area contributed by atoms with Crippen molar-refractivity contribution < 1.29 is 28.9 Å². The minimum Gasteiger partial charge on any atom is -0.446 e. The number of likely N-dealkylation sites (tertiary alicyclic amines) is 1. The smallest absolute Gasteiger partial charge is 0.410 e. The van der Waals surface area contributed by atoms with Crippen LogP contribution in [-0.4, -0.2) is 72.8 Å². The molecule has 0 bridgehead atoms. The Morgan fingerprint density at radius 2 is 1.68 bits per heavy atom. The van der Waals surface area contributed by atoms with Gasteiger partial charge in [-0.3, -0.25) is 0 Å². The summed E-state index contributed by atoms with van der Waals surface area (Å²) in [5, 5.41) is 15.1. The molecule has 7 aliphatic rings. The molecule has 0 aromatic heterocycles. The lowest BCUT2D eigenvalue weighted by atomic mass is 9.41. The second-order valence-electron chi connectivity index (χ2n) is 17.6. The summed E-state index contributed by atoms with van der Waals surface area (Å²) in [5.74, 6) is 1.75. The van der Waals surface area contributed by atoms with E-state index in [1.165, 1.54) is 12.8 Å². The molecule has 5 saturated carbocycles. The van der Waals surface area contributed by atoms with Crippen LogP contribution in [0.3, 0.4) is 0 Å². The van der Waals surface area contributed by atoms with Crippen molar-refractivity contribution in [1.29, 1.82) is 0 Å². The summed E-state index contributed by atoms with van der Waals surface area (Å²) in [6.07, 6.45) is 7.94. The van der Waals surface area contributed by atoms with Gasteiger partial charge < -0.3 is 29.5 Å². The lowest BCUT2D eigenvalue weighted by molar-refractivity contribution is -0.185. The predicted molar refractivity (Wildman–Crippen MR) is 167 cm³/mol. The number of hydrogen-bond donors (Lipinski definition) is 2. The van der Waals surface area contributed by atoms with E-state index in [-0.39, 0.29) is 69.4 Å². The van der Waals surface area contributed by atoms with Gasteiger partial charge in [0.1, 0.15) is 12.2 Å². The molecule has 2 N–H and O–H groups in total. The lowest BCUT2D eigenvalue weighted by Gasteiger charge is -2.63. The van der Waals surface area contributed by atoms with Crippen molar-refractivity contribution >= 4 is 12.2 Å². The number of ether oxygens (including phenoxy) is 3. The zero-order valence-corrected chi connectivity index (χ0v) is 28.5. The third-order valence-corrected chi connectivity index (χ3v) is 15.6. The number of aliphatic hydroxyl groups is 1. The third kappa shape index (κ3) is 3.82. The quantitative estimate of drug-likeness (QED) is 0.381. The van der Waals surface area contributed by atoms with Crippen molar-refractivity contribution in [3.05, 3.63) is 0 Å². The summed E-state index contributed by atoms with van der Waals surface area (Å²) in [4.78, 5) is 27.0. The number of amides is 2. The summed E-state index contributed by atoms with van der Waals surface area (Å²) >= 11 is 0. The van der Waals surface area contributed by atoms with Crippen LogP contribution in [0, 0.1) is 56.7 Å². The van der Waals surface area contributed by atoms with E-state index in [9.17, 15) is 14.7 Å². The zero-order chi connectivity index (χ0) is 31.6. The molecule has 8 heteroatoms. The fourth-order valence-corrected chi connectivity index (χ4v) is 13.3. The summed E-state index contributed by atoms with van der Waals surface area (Å²) < 4.78 is 19.0. The standard InChI is InChI=1S/C36H58N2O6/c1-20(2)27(44-30(40)37-8)22-18-21(3)26-28(42-22)29(39)34(7)24-11-10-23-32(4,5)25(43-31(41)38-16-9-17-38)12-13-35(23)19-36(24,35)15-14-33(26,34)6/h20-29,39H,9-19H2,1-8H3,(H,37,40)/t21-,22?,23+,24?,25?,26+,27-,28?,29+,33-,34-,35-,36+/m1/s1. The van der Waals surface area contributed by atoms with Crippen molar-refractivity contribution in [2.75, 3.05) is 20.1 Å². The Balaban J connectivity index is 1.15. The van der Waals surface area contributed by atoms with Gasteiger partial charge >= 0.3 is 12.2 Å². The Morgan fingerprint density at radius 3 is 2.32 bits per heavy atom. The first-order chi connectivity index (χ1) is 20.7. The lowest BCUT2D eigenvalue weighted by Crippen LogP contribution is -2.60. The highest BCUT2D eigenvalue weighted by atomic mass is 16.6. The first-order valence-corrected chi connectivity index (χ1v) is 17.9. The molecule has 2 spiro atoms. The van der Waals surface area contributed by atoms with Gasteiger partial charge in [0.15, 0.2) is 0 Å². The number of fused-ring (bicyclic) bond motifs is 4. The van der Waals surface area contributed by atoms with Crippen LogP contribution in [0.1, 0.15) is 106 Å². The number of hydrogen-bond acceptors (Lipinski definition) is 6. The van der Waals surface area contributed by atoms with Crippen LogP contribution in [0.25, 0.3) is 0 Å². The molecule has 7 fully saturated rings. The SMILES string of the molecule is CNC(=O)O[C@H](C(C)C)C1C[C@@H](C)[C@H]2C(O1)[C@H](O)[C@@]1(C)C3CC[C@H]4C(C)(C)C(OC(=O)N5CCC5)CC[C@@]45C[C@@]35CC[C@]21C. The van der Waals surface area contributed by atoms with Crippen LogP contribution < -0.4 is 5.32 Å². The summed E-state index contributed by atoms with van der Waals surface area (Å²) in [7, 11) is 1.59. The maximum Gasteiger partial charge on any atom is 0.410 e. The molecule has 5 aliphatic carbocycles. The van der Waals surface area contributed by atoms with Crippen molar-refractivity contribution in [2.45, 2.75) is 137 Å². The van der Waals surface area contributed by atoms with E-state index >= 15 is 0 Å². The molecular formula is C36H58N2O6. The number of alkyl carbamates (subject to hydrolysis) is 1. The minimum absolute atomic E-state index is 0.0115. The van der Waals surface area contributed by atoms with Crippen LogP contribution >= 0.6 is 0 Å². The molecule has 2 aliphatic heterocycles. The molecule has 13 atom stereocenters. The molecule has 0 radical (unpaired) electrons. The molecule has 7 rings (SSSR count). The highest BCUT2D eigenvalue weighted by Gasteiger charge is 2.84. The van der Waals surface area contributed by atoms with Crippen molar-refractivity contribution in [3.8, 4) is 0 Å². The molecule has 8 nitrogen and oxygen atoms in total. The van der Waals surface area contributed by atoms with Gasteiger partial charge in [-0.1, -0.05) is 48.5 Å². The molecular weight excluding hydrogens is 556 g/mol. The van der Waals surface area contributed by atoms with Gasteiger partial charge in [0.05, 0.1) is 18.3 Å². The number of nitrogens with zero attached hydrogens (tertiary/aromatic N) is 1. The van der Waals surface area contributed by atoms with Gasteiger partial charge in [-0.2, -0.15) is 0 Å². The van der Waals surface area contributed by atoms with Crippen LogP contribution in [-0.2, 0) is 14.2 Å². The van der Waals surface area contributed by atoms with Crippen molar-refractivity contribution in [1.82, 2.24) is 10.2 Å². The molecule has 44 heavy (non-hydrogen) atoms. The molecule has 248 valence electrons. The van der Waals surface area contributed by atoms with Crippen LogP contribution in [0.2, 0.25) is 0 Å². The van der Waals surface area contributed by atoms with Gasteiger partial charge in [0.25, 0.3) is 0 Å². The fourth-order valence-electron chi connectivity index (χ4n) is 13.3. The first-order valence-electron chi connectivity index (χ1n) is 17.9. The summed E-state index contributed by atoms with van der Waals surface area (Å²) in [5.41, 5.74) is 0.239. The number of nitrogens with one attached hydrogen (secondary N) is 1. The Bertz CT molecular complexity index is 1190. The Labute approximate surface area is 264 Å². The minimum atomic E-state index is -0.547. The highest BCUT2D eigenvalue weighted by Crippen LogP contribution is 2.89. The van der Waals surface area contributed by atoms with Gasteiger partial charge in [0.2, 0.25) is 0 Å². The van der Waals surface area contributed by atoms with E-state index in [0.29, 0.717) is 17.8 Å². The van der Waals surface area contributed by atoms with Crippen LogP contribution in [0.5, 0.6) is 0 Å². The molecule has 0 aromatic rings. The van der Waals surface area contributed by atoms with E-state index in [1.807, 2.05) is 4.90 Å². The fraction of sp³-hybridized carbons (Fsp3) is 0.944. The summed E-state index contributed by atoms with van der Waals surface area (Å²) in [6, 6.07) is 0. The predicted octanol–water partition coefficient (Wildman–Crippen LogP) is 6.39. The van der Waals surface area contributed by atoms with Crippen molar-refractivity contribution in [3.63, 3.8) is 0 Å². The van der Waals surface area contributed by atoms with E-state index in [4.69, 9.17) is 14.2 Å². The Morgan fingerprint density at radius 1 is 1.00 bits per heavy atom. The second-order valence-corrected chi connectivity index (χ2v) is 17.6. The molecule has 2 saturated heterocycles. The first kappa shape index (κ1) is 31.1. The van der Waals surface area contributed by atoms with Crippen LogP contribution in [0.4, 0.5) is 9.59 Å². The number of aliphatic hydroxyl groups excluding tert-OH is 1. The Kier molecular flexibility index (Phi) is 7.05. The van der Waals surface area contributed by atoms with Crippen molar-refractivity contribution in [2.24, 2.45) is 56.7 Å². The number of rotatable bonds is 4. The maximum atomic E-state index is 12.9. The van der Waals surface area contributed by atoms with Gasteiger partial charge in [-0.05, 0) is 104 Å². The Hall–Kier alpha value is -1.54. The topological polar surface area (TPSA) is 97.3 Å². The number of carbonyl (C=O) groups is 2. The average Bonchev–Trinajstić information content (AvgIpc) is 3.56. The van der Waals surface area contributed by atoms with Gasteiger partial charge in [-0.25, -0.2) is 9.59 Å². The monoisotopic (exact) mass is 614 g/mol. The second kappa shape index (κ2) is 9.98. The van der Waals surface area contributed by atoms with E-state index in [1.54, 1.807) is 7.05 Å². The largest absolute Gasteiger partial charge is 0.446 e. The number of carbonyl (C=O) groups excluding carboxylic acids is 2. The van der Waals surface area contributed by atoms with E-state index in [0.717, 1.165) is 58.0 Å². The van der Waals surface area contributed by atoms with Gasteiger partial charge in [0, 0.05) is 31.0 Å². The van der Waals surface area contributed by atoms with Gasteiger partial charge in [-0.15, -0.1) is 0 Å². The highest BCUT2D eigenvalue weighted by molar-refractivity contribution is 5.68. The molecule has 2 amide bonds. The average molecular weight is 615 g/mol. The third-order valence-electron chi connectivity index (χ3n) is 15.6. The molecule has 4 unspecified atom stereocenters. The molecule has 2 heterocycles. The van der Waals surface area contributed by atoms with Crippen LogP contribution in [0.15, 0.2) is 0 Å². The maximum absolute atomic E-state index is 12.9. The zero-order valence-electron chi connectivity index (χ0n) is 28.5. The normalized spacial score (nSPS) is 50.5. The van der Waals surface area contributed by atoms with E-state index < -0.39 is 12.2 Å². The summed E-state index contributed by atoms with van der Waals surface area (Å²) in [6.45, 7) is 17.8.